The zero-order chi connectivity index (χ0) is 18.1. The first-order valence-corrected chi connectivity index (χ1v) is 8.55. The predicted octanol–water partition coefficient (Wildman–Crippen LogP) is 1.41. The molecule has 2 aromatic rings. The minimum Gasteiger partial charge on any atom is -0.275 e. The lowest BCUT2D eigenvalue weighted by atomic mass is 10.2. The van der Waals surface area contributed by atoms with Gasteiger partial charge in [0.05, 0.1) is 0 Å². The van der Waals surface area contributed by atoms with Gasteiger partial charge in [-0.2, -0.15) is 8.42 Å². The van der Waals surface area contributed by atoms with Gasteiger partial charge in [0, 0.05) is 0 Å². The Kier molecular flexibility index (Phi) is 6.63. The van der Waals surface area contributed by atoms with E-state index in [1.165, 1.54) is 0 Å². The van der Waals surface area contributed by atoms with Crippen molar-refractivity contribution < 1.29 is 27.7 Å². The molecule has 0 heterocycles. The third-order valence-corrected chi connectivity index (χ3v) is 4.32. The van der Waals surface area contributed by atoms with E-state index >= 15 is 0 Å². The molecule has 0 aliphatic heterocycles. The van der Waals surface area contributed by atoms with Gasteiger partial charge < -0.3 is 0 Å². The number of amides is 2. The summed E-state index contributed by atoms with van der Waals surface area (Å²) in [5.74, 6) is 0. The lowest BCUT2D eigenvalue weighted by molar-refractivity contribution is -0.162. The lowest BCUT2D eigenvalue weighted by Gasteiger charge is -2.22. The van der Waals surface area contributed by atoms with Gasteiger partial charge in [0.25, 0.3) is 12.8 Å². The molecule has 0 saturated heterocycles. The van der Waals surface area contributed by atoms with Crippen LogP contribution in [0, 0.1) is 0 Å². The van der Waals surface area contributed by atoms with Crippen LogP contribution in [0.2, 0.25) is 0 Å². The fourth-order valence-corrected chi connectivity index (χ4v) is 2.55. The zero-order valence-electron chi connectivity index (χ0n) is 13.1. The highest BCUT2D eigenvalue weighted by Crippen LogP contribution is 2.11. The van der Waals surface area contributed by atoms with Crippen molar-refractivity contribution in [1.82, 2.24) is 8.94 Å². The minimum atomic E-state index is -4.62. The zero-order valence-corrected chi connectivity index (χ0v) is 13.9. The van der Waals surface area contributed by atoms with E-state index < -0.39 is 10.2 Å². The fourth-order valence-electron chi connectivity index (χ4n) is 1.81. The summed E-state index contributed by atoms with van der Waals surface area (Å²) in [5.41, 5.74) is 1.29. The van der Waals surface area contributed by atoms with Gasteiger partial charge in [0.1, 0.15) is 13.2 Å². The van der Waals surface area contributed by atoms with Crippen molar-refractivity contribution in [3.8, 4) is 0 Å². The largest absolute Gasteiger partial charge is 0.376 e. The smallest absolute Gasteiger partial charge is 0.275 e. The van der Waals surface area contributed by atoms with E-state index in [0.717, 1.165) is 0 Å². The molecule has 0 unspecified atom stereocenters. The maximum absolute atomic E-state index is 12.3. The first-order valence-electron chi connectivity index (χ1n) is 7.16. The number of hydroxylamine groups is 2. The van der Waals surface area contributed by atoms with Crippen LogP contribution in [0.25, 0.3) is 0 Å². The van der Waals surface area contributed by atoms with Gasteiger partial charge in [-0.05, 0) is 11.1 Å². The summed E-state index contributed by atoms with van der Waals surface area (Å²) in [4.78, 5) is 32.1. The molecule has 0 aliphatic rings. The van der Waals surface area contributed by atoms with Gasteiger partial charge in [-0.25, -0.2) is 0 Å². The van der Waals surface area contributed by atoms with Crippen LogP contribution in [-0.4, -0.2) is 30.2 Å². The molecule has 2 amide bonds. The highest BCUT2D eigenvalue weighted by atomic mass is 32.2. The van der Waals surface area contributed by atoms with Gasteiger partial charge in [-0.3, -0.25) is 19.3 Å². The molecule has 0 N–H and O–H groups in total. The molecule has 0 fully saturated rings. The minimum absolute atomic E-state index is 0.0411. The fraction of sp³-hybridized carbons (Fsp3) is 0.125. The van der Waals surface area contributed by atoms with Crippen LogP contribution in [0.4, 0.5) is 0 Å². The van der Waals surface area contributed by atoms with Gasteiger partial charge in [0.15, 0.2) is 0 Å². The third-order valence-electron chi connectivity index (χ3n) is 3.03. The Morgan fingerprint density at radius 2 is 1.08 bits per heavy atom. The second-order valence-corrected chi connectivity index (χ2v) is 6.36. The molecule has 25 heavy (non-hydrogen) atoms. The molecule has 0 bridgehead atoms. The van der Waals surface area contributed by atoms with E-state index in [-0.39, 0.29) is 35.0 Å². The highest BCUT2D eigenvalue weighted by Gasteiger charge is 2.30. The molecule has 0 saturated carbocycles. The molecule has 0 atom stereocenters. The van der Waals surface area contributed by atoms with E-state index in [1.807, 2.05) is 0 Å². The number of rotatable bonds is 10. The first kappa shape index (κ1) is 18.6. The molecular formula is C16H16N2O6S. The van der Waals surface area contributed by atoms with Crippen LogP contribution >= 0.6 is 0 Å². The van der Waals surface area contributed by atoms with E-state index in [0.29, 0.717) is 11.1 Å². The normalized spacial score (nSPS) is 10.9. The number of carbonyl (C=O) groups is 2. The van der Waals surface area contributed by atoms with Crippen LogP contribution in [0.15, 0.2) is 60.7 Å². The second-order valence-electron chi connectivity index (χ2n) is 4.75. The van der Waals surface area contributed by atoms with Crippen LogP contribution in [0.5, 0.6) is 0 Å². The topological polar surface area (TPSA) is 93.2 Å². The summed E-state index contributed by atoms with van der Waals surface area (Å²) in [5, 5.41) is 0. The summed E-state index contributed by atoms with van der Waals surface area (Å²) in [6.45, 7) is -0.353. The molecule has 9 heteroatoms. The number of carbonyl (C=O) groups excluding carboxylic acids is 2. The van der Waals surface area contributed by atoms with Gasteiger partial charge in [-0.1, -0.05) is 69.6 Å². The number of hydrogen-bond donors (Lipinski definition) is 0. The molecule has 2 aromatic carbocycles. The SMILES string of the molecule is O=CN(OCc1ccccc1)S(=O)(=O)N(C=O)OCc1ccccc1. The molecule has 0 aromatic heterocycles. The van der Waals surface area contributed by atoms with E-state index in [4.69, 9.17) is 9.68 Å². The molecule has 0 radical (unpaired) electrons. The van der Waals surface area contributed by atoms with Gasteiger partial charge in [0.2, 0.25) is 0 Å². The molecule has 2 rings (SSSR count). The van der Waals surface area contributed by atoms with Crippen molar-refractivity contribution >= 4 is 23.0 Å². The van der Waals surface area contributed by atoms with Crippen LogP contribution < -0.4 is 0 Å². The maximum Gasteiger partial charge on any atom is 0.376 e. The summed E-state index contributed by atoms with van der Waals surface area (Å²) < 4.78 is 24.6. The van der Waals surface area contributed by atoms with Crippen molar-refractivity contribution in [3.63, 3.8) is 0 Å². The Bertz CT molecular complexity index is 721. The number of nitrogens with zero attached hydrogens (tertiary/aromatic N) is 2. The lowest BCUT2D eigenvalue weighted by Crippen LogP contribution is -2.42. The summed E-state index contributed by atoms with van der Waals surface area (Å²) in [7, 11) is -4.62. The molecule has 8 nitrogen and oxygen atoms in total. The third kappa shape index (κ3) is 5.11. The summed E-state index contributed by atoms with van der Waals surface area (Å²) >= 11 is 0. The highest BCUT2D eigenvalue weighted by molar-refractivity contribution is 7.87. The molecule has 0 spiro atoms. The van der Waals surface area contributed by atoms with Gasteiger partial charge in [-0.15, -0.1) is 0 Å². The van der Waals surface area contributed by atoms with Crippen molar-refractivity contribution in [3.05, 3.63) is 71.8 Å². The average molecular weight is 364 g/mol. The predicted molar refractivity (Wildman–Crippen MR) is 87.2 cm³/mol. The van der Waals surface area contributed by atoms with Crippen molar-refractivity contribution in [1.29, 1.82) is 0 Å². The molecule has 132 valence electrons. The van der Waals surface area contributed by atoms with Crippen molar-refractivity contribution in [2.45, 2.75) is 13.2 Å². The van der Waals surface area contributed by atoms with Gasteiger partial charge >= 0.3 is 10.2 Å². The molecular weight excluding hydrogens is 348 g/mol. The Balaban J connectivity index is 2.03. The monoisotopic (exact) mass is 364 g/mol. The standard InChI is InChI=1S/C16H16N2O6S/c19-13-17(23-11-15-7-3-1-4-8-15)25(21,22)18(14-20)24-12-16-9-5-2-6-10-16/h1-10,13-14H,11-12H2. The Labute approximate surface area is 145 Å². The van der Waals surface area contributed by atoms with Crippen LogP contribution in [-0.2, 0) is 42.7 Å². The Morgan fingerprint density at radius 3 is 1.40 bits per heavy atom. The van der Waals surface area contributed by atoms with Crippen molar-refractivity contribution in [2.24, 2.45) is 0 Å². The average Bonchev–Trinajstić information content (AvgIpc) is 2.64. The molecule has 0 aliphatic carbocycles. The quantitative estimate of drug-likeness (QED) is 0.467. The van der Waals surface area contributed by atoms with Crippen LogP contribution in [0.3, 0.4) is 0 Å². The maximum atomic E-state index is 12.3. The van der Waals surface area contributed by atoms with E-state index in [9.17, 15) is 18.0 Å². The van der Waals surface area contributed by atoms with Crippen LogP contribution in [0.1, 0.15) is 11.1 Å². The summed E-state index contributed by atoms with van der Waals surface area (Å²) in [6.07, 6.45) is -0.110. The Morgan fingerprint density at radius 1 is 0.720 bits per heavy atom. The van der Waals surface area contributed by atoms with Crippen molar-refractivity contribution in [2.75, 3.05) is 0 Å². The van der Waals surface area contributed by atoms with E-state index in [1.54, 1.807) is 60.7 Å². The number of hydrogen-bond acceptors (Lipinski definition) is 6. The van der Waals surface area contributed by atoms with E-state index in [2.05, 4.69) is 0 Å². The second kappa shape index (κ2) is 8.92. The Hall–Kier alpha value is -2.75. The summed E-state index contributed by atoms with van der Waals surface area (Å²) in [6, 6.07) is 17.3. The first-order chi connectivity index (χ1) is 12.1. The number of benzene rings is 2.